The first-order valence-electron chi connectivity index (χ1n) is 9.51. The van der Waals surface area contributed by atoms with Crippen LogP contribution in [0.4, 0.5) is 10.5 Å². The highest BCUT2D eigenvalue weighted by atomic mass is 127. The molecule has 0 spiro atoms. The molecule has 8 nitrogen and oxygen atoms in total. The number of rotatable bonds is 5. The van der Waals surface area contributed by atoms with Crippen LogP contribution >= 0.6 is 24.0 Å². The fraction of sp³-hybridized carbons (Fsp3) is 0.526. The Morgan fingerprint density at radius 3 is 2.57 bits per heavy atom. The van der Waals surface area contributed by atoms with Crippen LogP contribution in [0.15, 0.2) is 29.3 Å². The summed E-state index contributed by atoms with van der Waals surface area (Å²) in [6.07, 6.45) is 0. The van der Waals surface area contributed by atoms with Crippen molar-refractivity contribution in [2.24, 2.45) is 4.99 Å². The smallest absolute Gasteiger partial charge is 0.324 e. The number of amides is 3. The van der Waals surface area contributed by atoms with Gasteiger partial charge in [0.2, 0.25) is 5.91 Å². The van der Waals surface area contributed by atoms with Gasteiger partial charge in [-0.3, -0.25) is 14.7 Å². The van der Waals surface area contributed by atoms with E-state index in [1.165, 1.54) is 16.2 Å². The van der Waals surface area contributed by atoms with E-state index in [2.05, 4.69) is 56.6 Å². The minimum absolute atomic E-state index is 0. The van der Waals surface area contributed by atoms with Crippen LogP contribution < -0.4 is 15.5 Å². The lowest BCUT2D eigenvalue weighted by Gasteiger charge is -2.37. The maximum absolute atomic E-state index is 11.6. The highest BCUT2D eigenvalue weighted by Gasteiger charge is 2.27. The van der Waals surface area contributed by atoms with Crippen LogP contribution in [0.5, 0.6) is 0 Å². The molecule has 0 aliphatic carbocycles. The van der Waals surface area contributed by atoms with E-state index in [-0.39, 0.29) is 42.5 Å². The van der Waals surface area contributed by atoms with E-state index >= 15 is 0 Å². The van der Waals surface area contributed by atoms with Crippen LogP contribution in [-0.4, -0.2) is 80.1 Å². The molecule has 0 bridgehead atoms. The zero-order chi connectivity index (χ0) is 19.2. The van der Waals surface area contributed by atoms with Gasteiger partial charge in [0.05, 0.1) is 19.6 Å². The Balaban J connectivity index is 0.00000280. The number of nitrogens with one attached hydrogen (secondary N) is 2. The normalized spacial score (nSPS) is 17.5. The van der Waals surface area contributed by atoms with Gasteiger partial charge < -0.3 is 20.4 Å². The van der Waals surface area contributed by atoms with Crippen molar-refractivity contribution in [2.45, 2.75) is 13.8 Å². The van der Waals surface area contributed by atoms with E-state index in [1.807, 2.05) is 6.92 Å². The number of benzene rings is 1. The molecule has 3 amide bonds. The largest absolute Gasteiger partial charge is 0.368 e. The average Bonchev–Trinajstić information content (AvgIpc) is 2.99. The van der Waals surface area contributed by atoms with Gasteiger partial charge in [0, 0.05) is 38.4 Å². The second-order valence-electron chi connectivity index (χ2n) is 6.75. The number of guanidine groups is 1. The molecule has 0 saturated carbocycles. The summed E-state index contributed by atoms with van der Waals surface area (Å²) in [7, 11) is 0. The van der Waals surface area contributed by atoms with Gasteiger partial charge in [-0.2, -0.15) is 0 Å². The van der Waals surface area contributed by atoms with Gasteiger partial charge in [-0.05, 0) is 31.5 Å². The van der Waals surface area contributed by atoms with Gasteiger partial charge in [0.15, 0.2) is 5.96 Å². The summed E-state index contributed by atoms with van der Waals surface area (Å²) >= 11 is 0. The van der Waals surface area contributed by atoms with Crippen LogP contribution in [0.1, 0.15) is 12.5 Å². The van der Waals surface area contributed by atoms with Crippen molar-refractivity contribution in [2.75, 3.05) is 57.3 Å². The number of halogens is 1. The van der Waals surface area contributed by atoms with Crippen molar-refractivity contribution in [3.63, 3.8) is 0 Å². The van der Waals surface area contributed by atoms with Gasteiger partial charge >= 0.3 is 6.03 Å². The highest BCUT2D eigenvalue weighted by molar-refractivity contribution is 14.0. The summed E-state index contributed by atoms with van der Waals surface area (Å²) in [4.78, 5) is 33.7. The zero-order valence-corrected chi connectivity index (χ0v) is 18.8. The molecule has 2 aliphatic heterocycles. The van der Waals surface area contributed by atoms with Crippen molar-refractivity contribution < 1.29 is 9.59 Å². The average molecular weight is 500 g/mol. The third-order valence-corrected chi connectivity index (χ3v) is 4.80. The molecule has 1 aromatic carbocycles. The number of aryl methyl sites for hydroxylation is 1. The molecule has 154 valence electrons. The molecule has 1 aromatic rings. The third-order valence-electron chi connectivity index (χ3n) is 4.80. The van der Waals surface area contributed by atoms with Crippen molar-refractivity contribution >= 4 is 47.6 Å². The number of urea groups is 1. The summed E-state index contributed by atoms with van der Waals surface area (Å²) in [5, 5.41) is 5.85. The first-order valence-corrected chi connectivity index (χ1v) is 9.51. The Kier molecular flexibility index (Phi) is 8.34. The van der Waals surface area contributed by atoms with Crippen molar-refractivity contribution in [1.29, 1.82) is 0 Å². The predicted molar refractivity (Wildman–Crippen MR) is 121 cm³/mol. The summed E-state index contributed by atoms with van der Waals surface area (Å²) in [5.41, 5.74) is 2.53. The molecule has 2 aliphatic rings. The Labute approximate surface area is 183 Å². The quantitative estimate of drug-likeness (QED) is 0.276. The highest BCUT2D eigenvalue weighted by Crippen LogP contribution is 2.17. The topological polar surface area (TPSA) is 80.3 Å². The lowest BCUT2D eigenvalue weighted by Crippen LogP contribution is -2.52. The second-order valence-corrected chi connectivity index (χ2v) is 6.75. The van der Waals surface area contributed by atoms with Crippen LogP contribution in [0.25, 0.3) is 0 Å². The molecule has 0 radical (unpaired) electrons. The molecule has 3 rings (SSSR count). The maximum Gasteiger partial charge on any atom is 0.324 e. The van der Waals surface area contributed by atoms with Crippen LogP contribution in [-0.2, 0) is 4.79 Å². The molecule has 2 fully saturated rings. The molecule has 28 heavy (non-hydrogen) atoms. The van der Waals surface area contributed by atoms with E-state index in [9.17, 15) is 9.59 Å². The van der Waals surface area contributed by atoms with Crippen LogP contribution in [0.2, 0.25) is 0 Å². The number of nitrogens with zero attached hydrogens (tertiary/aromatic N) is 4. The summed E-state index contributed by atoms with van der Waals surface area (Å²) in [6, 6.07) is 8.25. The molecule has 2 N–H and O–H groups in total. The van der Waals surface area contributed by atoms with E-state index in [4.69, 9.17) is 0 Å². The van der Waals surface area contributed by atoms with E-state index in [0.29, 0.717) is 13.1 Å². The third kappa shape index (κ3) is 5.49. The maximum atomic E-state index is 11.6. The zero-order valence-electron chi connectivity index (χ0n) is 16.5. The van der Waals surface area contributed by atoms with Crippen molar-refractivity contribution in [3.05, 3.63) is 29.8 Å². The predicted octanol–water partition coefficient (Wildman–Crippen LogP) is 1.25. The van der Waals surface area contributed by atoms with Crippen molar-refractivity contribution in [1.82, 2.24) is 20.4 Å². The fourth-order valence-corrected chi connectivity index (χ4v) is 3.36. The number of aliphatic imine (C=N–C) groups is 1. The number of imide groups is 1. The monoisotopic (exact) mass is 500 g/mol. The van der Waals surface area contributed by atoms with Crippen LogP contribution in [0, 0.1) is 6.92 Å². The minimum atomic E-state index is -0.327. The molecule has 0 atom stereocenters. The molecule has 2 saturated heterocycles. The summed E-state index contributed by atoms with van der Waals surface area (Å²) < 4.78 is 0. The Morgan fingerprint density at radius 2 is 1.96 bits per heavy atom. The van der Waals surface area contributed by atoms with Crippen molar-refractivity contribution in [3.8, 4) is 0 Å². The number of anilines is 1. The van der Waals surface area contributed by atoms with Gasteiger partial charge in [0.1, 0.15) is 0 Å². The Morgan fingerprint density at radius 1 is 1.21 bits per heavy atom. The molecule has 0 unspecified atom stereocenters. The van der Waals surface area contributed by atoms with E-state index in [1.54, 1.807) is 0 Å². The van der Waals surface area contributed by atoms with E-state index in [0.717, 1.165) is 38.7 Å². The Hall–Kier alpha value is -2.04. The number of carbonyl (C=O) groups excluding carboxylic acids is 2. The summed E-state index contributed by atoms with van der Waals surface area (Å²) in [6.45, 7) is 9.34. The first-order chi connectivity index (χ1) is 13.1. The molecule has 9 heteroatoms. The van der Waals surface area contributed by atoms with E-state index < -0.39 is 0 Å². The van der Waals surface area contributed by atoms with Crippen LogP contribution in [0.3, 0.4) is 0 Å². The SMILES string of the molecule is CCNC(=NCCN1C(=O)CNC1=O)N1CCN(c2cccc(C)c2)CC1.I. The fourth-order valence-electron chi connectivity index (χ4n) is 3.36. The standard InChI is InChI=1S/C19H28N6O2.HI/c1-3-20-18(21-7-8-25-17(26)14-22-19(25)27)24-11-9-23(10-12-24)16-6-4-5-15(2)13-16;/h4-6,13H,3,7-12,14H2,1-2H3,(H,20,21)(H,22,27);1H. The second kappa shape index (κ2) is 10.5. The first kappa shape index (κ1) is 22.3. The molecular formula is C19H29IN6O2. The Bertz CT molecular complexity index is 702. The lowest BCUT2D eigenvalue weighted by atomic mass is 10.2. The number of hydrogen-bond acceptors (Lipinski definition) is 4. The van der Waals surface area contributed by atoms with Gasteiger partial charge in [-0.15, -0.1) is 24.0 Å². The minimum Gasteiger partial charge on any atom is -0.368 e. The van der Waals surface area contributed by atoms with Gasteiger partial charge in [-0.1, -0.05) is 12.1 Å². The van der Waals surface area contributed by atoms with Gasteiger partial charge in [-0.25, -0.2) is 4.79 Å². The molecular weight excluding hydrogens is 471 g/mol. The number of piperazine rings is 1. The summed E-state index contributed by atoms with van der Waals surface area (Å²) in [5.74, 6) is 0.653. The number of hydrogen-bond donors (Lipinski definition) is 2. The lowest BCUT2D eigenvalue weighted by molar-refractivity contribution is -0.124. The molecule has 2 heterocycles. The molecule has 0 aromatic heterocycles. The number of carbonyl (C=O) groups is 2. The van der Waals surface area contributed by atoms with Gasteiger partial charge in [0.25, 0.3) is 0 Å².